The fourth-order valence-electron chi connectivity index (χ4n) is 9.02. The average Bonchev–Trinajstić information content (AvgIpc) is 4.03. The quantitative estimate of drug-likeness (QED) is 0.0778. The number of hydrogen-bond acceptors (Lipinski definition) is 10. The lowest BCUT2D eigenvalue weighted by molar-refractivity contribution is -0.144. The smallest absolute Gasteiger partial charge is 0.251 e. The lowest BCUT2D eigenvalue weighted by Gasteiger charge is -2.42. The summed E-state index contributed by atoms with van der Waals surface area (Å²) in [7, 11) is 0. The van der Waals surface area contributed by atoms with Gasteiger partial charge in [0.25, 0.3) is 5.91 Å². The molecule has 6 aromatic rings. The van der Waals surface area contributed by atoms with Gasteiger partial charge < -0.3 is 25.6 Å². The molecule has 68 heavy (non-hydrogen) atoms. The molecule has 1 saturated carbocycles. The van der Waals surface area contributed by atoms with Crippen molar-refractivity contribution in [1.29, 1.82) is 0 Å². The maximum Gasteiger partial charge on any atom is 0.251 e. The number of H-pyrrole nitrogens is 1. The molecule has 4 heterocycles. The summed E-state index contributed by atoms with van der Waals surface area (Å²) in [4.78, 5) is 79.1. The zero-order valence-electron chi connectivity index (χ0n) is 38.7. The number of carbonyl (C=O) groups excluding carboxylic acids is 5. The van der Waals surface area contributed by atoms with Crippen molar-refractivity contribution in [2.75, 3.05) is 13.1 Å². The third-order valence-electron chi connectivity index (χ3n) is 13.1. The number of ether oxygens (including phenoxy) is 1. The number of aromatic nitrogens is 4. The van der Waals surface area contributed by atoms with Crippen LogP contribution in [0.1, 0.15) is 106 Å². The van der Waals surface area contributed by atoms with Crippen molar-refractivity contribution >= 4 is 74.9 Å². The minimum atomic E-state index is -1.01. The number of pyridine rings is 1. The first-order chi connectivity index (χ1) is 32.4. The highest BCUT2D eigenvalue weighted by Gasteiger charge is 2.46. The first-order valence-electron chi connectivity index (χ1n) is 22.6. The van der Waals surface area contributed by atoms with Crippen LogP contribution in [0.15, 0.2) is 84.6 Å². The van der Waals surface area contributed by atoms with Gasteiger partial charge in [0.1, 0.15) is 29.6 Å². The number of ketones is 1. The summed E-state index contributed by atoms with van der Waals surface area (Å²) in [6, 6.07) is 18.2. The van der Waals surface area contributed by atoms with Crippen molar-refractivity contribution in [2.45, 2.75) is 97.9 Å². The Bertz CT molecular complexity index is 2850. The van der Waals surface area contributed by atoms with Gasteiger partial charge in [-0.3, -0.25) is 34.1 Å². The Labute approximate surface area is 409 Å². The van der Waals surface area contributed by atoms with Crippen molar-refractivity contribution in [1.82, 2.24) is 41.0 Å². The normalized spacial score (nSPS) is 17.0. The topological polar surface area (TPSA) is 188 Å². The highest BCUT2D eigenvalue weighted by molar-refractivity contribution is 7.13. The summed E-state index contributed by atoms with van der Waals surface area (Å²) >= 11 is 14.3. The van der Waals surface area contributed by atoms with E-state index in [2.05, 4.69) is 36.1 Å². The number of halogens is 2. The number of amides is 4. The number of hydrogen-bond donors (Lipinski definition) is 4. The van der Waals surface area contributed by atoms with Gasteiger partial charge in [-0.15, -0.1) is 11.3 Å². The maximum atomic E-state index is 14.3. The molecular formula is C51H54Cl2N8O6S. The van der Waals surface area contributed by atoms with E-state index in [4.69, 9.17) is 27.9 Å². The molecular weight excluding hydrogens is 924 g/mol. The molecule has 2 aliphatic rings. The van der Waals surface area contributed by atoms with Crippen molar-refractivity contribution in [3.8, 4) is 27.4 Å². The molecule has 8 rings (SSSR count). The van der Waals surface area contributed by atoms with Crippen LogP contribution < -0.4 is 20.7 Å². The first-order valence-corrected chi connectivity index (χ1v) is 24.3. The van der Waals surface area contributed by atoms with E-state index in [-0.39, 0.29) is 43.5 Å². The van der Waals surface area contributed by atoms with Gasteiger partial charge in [-0.2, -0.15) is 5.10 Å². The number of nitrogens with one attached hydrogen (secondary N) is 4. The zero-order chi connectivity index (χ0) is 48.5. The predicted molar refractivity (Wildman–Crippen MR) is 263 cm³/mol. The third kappa shape index (κ3) is 10.4. The number of nitrogens with zero attached hydrogens (tertiary/aromatic N) is 4. The molecule has 4 atom stereocenters. The molecule has 17 heteroatoms. The van der Waals surface area contributed by atoms with E-state index >= 15 is 0 Å². The monoisotopic (exact) mass is 976 g/mol. The number of aromatic amines is 1. The molecule has 0 bridgehead atoms. The minimum absolute atomic E-state index is 0.0904. The van der Waals surface area contributed by atoms with Crippen LogP contribution in [0.2, 0.25) is 10.0 Å². The SMILES string of the molecule is Cc1ncsc1-c1ccc([C@H](C)NC(=O)[C@@H]2CC(=O)CN2C(=O)[C@@H](NC(=O)CC2(CNC(=O)c3ccc(-c4n[nH]c5ccc(O[C@H](C)c6c(Cl)cncc6Cl)cc45)cc3)CCC2)C(C)(C)C)cc1. The molecule has 4 N–H and O–H groups in total. The molecule has 3 aromatic carbocycles. The van der Waals surface area contributed by atoms with Crippen LogP contribution in [0.4, 0.5) is 0 Å². The maximum absolute atomic E-state index is 14.3. The molecule has 354 valence electrons. The lowest BCUT2D eigenvalue weighted by Crippen LogP contribution is -2.58. The van der Waals surface area contributed by atoms with Gasteiger partial charge in [-0.1, -0.05) is 86.8 Å². The van der Waals surface area contributed by atoms with Gasteiger partial charge in [0.05, 0.1) is 44.2 Å². The summed E-state index contributed by atoms with van der Waals surface area (Å²) in [6.07, 6.45) is 4.93. The summed E-state index contributed by atoms with van der Waals surface area (Å²) in [5, 5.41) is 18.3. The van der Waals surface area contributed by atoms with Crippen molar-refractivity contribution in [3.63, 3.8) is 0 Å². The van der Waals surface area contributed by atoms with E-state index in [1.54, 1.807) is 23.5 Å². The molecule has 0 spiro atoms. The highest BCUT2D eigenvalue weighted by atomic mass is 35.5. The van der Waals surface area contributed by atoms with E-state index in [0.29, 0.717) is 32.6 Å². The number of benzene rings is 3. The molecule has 14 nitrogen and oxygen atoms in total. The summed E-state index contributed by atoms with van der Waals surface area (Å²) in [5.41, 5.74) is 6.78. The average molecular weight is 978 g/mol. The van der Waals surface area contributed by atoms with E-state index in [1.165, 1.54) is 17.3 Å². The Morgan fingerprint density at radius 1 is 0.956 bits per heavy atom. The molecule has 4 amide bonds. The molecule has 2 fully saturated rings. The molecule has 0 unspecified atom stereocenters. The van der Waals surface area contributed by atoms with E-state index in [9.17, 15) is 24.0 Å². The van der Waals surface area contributed by atoms with Crippen molar-refractivity contribution < 1.29 is 28.7 Å². The molecule has 1 aliphatic carbocycles. The molecule has 3 aromatic heterocycles. The minimum Gasteiger partial charge on any atom is -0.486 e. The highest BCUT2D eigenvalue weighted by Crippen LogP contribution is 2.44. The van der Waals surface area contributed by atoms with E-state index < -0.39 is 46.9 Å². The number of thiazole rings is 1. The fourth-order valence-corrected chi connectivity index (χ4v) is 10.5. The lowest BCUT2D eigenvalue weighted by atomic mass is 9.66. The second kappa shape index (κ2) is 19.8. The molecule has 0 radical (unpaired) electrons. The number of rotatable bonds is 15. The number of aryl methyl sites for hydroxylation is 1. The number of likely N-dealkylation sites (tertiary alicyclic amines) is 1. The van der Waals surface area contributed by atoms with Gasteiger partial charge in [0.2, 0.25) is 17.7 Å². The Balaban J connectivity index is 0.872. The summed E-state index contributed by atoms with van der Waals surface area (Å²) < 4.78 is 6.23. The second-order valence-electron chi connectivity index (χ2n) is 19.1. The van der Waals surface area contributed by atoms with Crippen molar-refractivity contribution in [3.05, 3.63) is 117 Å². The standard InChI is InChI=1S/C51H54Cl2N8O6S/c1-28(31-8-12-33(13-9-31)45-29(2)56-27-68-45)57-48(65)41-20-35(62)25-61(41)49(66)46(50(4,5)6)58-42(63)22-51(18-7-19-51)26-55-47(64)34-14-10-32(11-15-34)44-37-21-36(16-17-40(37)59-60-44)67-30(3)43-38(52)23-54-24-39(43)53/h8-17,21,23-24,27-28,30,41,46H,7,18-20,22,25-26H2,1-6H3,(H,55,64)(H,57,65)(H,58,63)(H,59,60)/t28-,30+,41-,46+/m0/s1. The van der Waals surface area contributed by atoms with Gasteiger partial charge >= 0.3 is 0 Å². The molecule has 1 saturated heterocycles. The zero-order valence-corrected chi connectivity index (χ0v) is 41.1. The fraction of sp³-hybridized carbons (Fsp3) is 0.373. The first kappa shape index (κ1) is 48.3. The van der Waals surface area contributed by atoms with Crippen molar-refractivity contribution in [2.24, 2.45) is 10.8 Å². The van der Waals surface area contributed by atoms with Gasteiger partial charge in [-0.05, 0) is 85.9 Å². The van der Waals surface area contributed by atoms with Crippen LogP contribution in [0.5, 0.6) is 5.75 Å². The Morgan fingerprint density at radius 3 is 2.28 bits per heavy atom. The van der Waals surface area contributed by atoms with E-state index in [1.807, 2.05) is 102 Å². The molecule has 1 aliphatic heterocycles. The second-order valence-corrected chi connectivity index (χ2v) is 20.7. The van der Waals surface area contributed by atoms with Gasteiger partial charge in [-0.25, -0.2) is 4.98 Å². The Morgan fingerprint density at radius 2 is 1.65 bits per heavy atom. The predicted octanol–water partition coefficient (Wildman–Crippen LogP) is 9.37. The van der Waals surface area contributed by atoms with E-state index in [0.717, 1.165) is 57.4 Å². The van der Waals surface area contributed by atoms with Crippen LogP contribution in [0.3, 0.4) is 0 Å². The van der Waals surface area contributed by atoms with Gasteiger partial charge in [0.15, 0.2) is 5.78 Å². The largest absolute Gasteiger partial charge is 0.486 e. The third-order valence-corrected chi connectivity index (χ3v) is 14.6. The number of carbonyl (C=O) groups is 5. The van der Waals surface area contributed by atoms with Crippen LogP contribution in [0.25, 0.3) is 32.6 Å². The number of fused-ring (bicyclic) bond motifs is 1. The van der Waals surface area contributed by atoms with Gasteiger partial charge in [0, 0.05) is 53.9 Å². The van der Waals surface area contributed by atoms with Crippen LogP contribution in [-0.2, 0) is 19.2 Å². The van der Waals surface area contributed by atoms with Crippen LogP contribution >= 0.6 is 34.5 Å². The summed E-state index contributed by atoms with van der Waals surface area (Å²) in [5.74, 6) is -1.18. The van der Waals surface area contributed by atoms with Crippen LogP contribution in [-0.4, -0.2) is 79.7 Å². The van der Waals surface area contributed by atoms with Crippen LogP contribution in [0, 0.1) is 17.8 Å². The number of Topliss-reactive ketones (excluding diaryl/α,β-unsaturated/α-hetero) is 1. The Kier molecular flexibility index (Phi) is 14.1. The Hall–Kier alpha value is -6.16. The summed E-state index contributed by atoms with van der Waals surface area (Å²) in [6.45, 7) is 11.2.